The molecule has 2 aliphatic rings. The van der Waals surface area contributed by atoms with E-state index in [0.29, 0.717) is 75.8 Å². The van der Waals surface area contributed by atoms with Crippen molar-refractivity contribution >= 4 is 69.5 Å². The average Bonchev–Trinajstić information content (AvgIpc) is 3.20. The summed E-state index contributed by atoms with van der Waals surface area (Å²) >= 11 is 19.0. The number of amides is 1. The first-order valence-corrected chi connectivity index (χ1v) is 13.2. The van der Waals surface area contributed by atoms with Crippen molar-refractivity contribution < 1.29 is 9.53 Å². The van der Waals surface area contributed by atoms with Crippen LogP contribution in [0.1, 0.15) is 45.1 Å². The standard InChI is InChI=1S/C24H28Cl3N7O2/c1-12-11-36-7-6-18(12)30-23-29-10-19-22(33-23)34(15-4-2-13(3-5-15)21(28)35)24(31-19)32-20-16(26)8-14(25)9-17(20)27/h8-10,12-13,15,18H,2-7,11H2,1H3,(H2,28,35)(H,31,32)(H,29,30,33)/t12-,13?,15?,18-/m1/s1. The molecule has 1 aliphatic heterocycles. The lowest BCUT2D eigenvalue weighted by molar-refractivity contribution is -0.122. The molecule has 3 heterocycles. The number of halogens is 3. The largest absolute Gasteiger partial charge is 0.381 e. The Morgan fingerprint density at radius 3 is 2.50 bits per heavy atom. The molecule has 1 saturated heterocycles. The predicted molar refractivity (Wildman–Crippen MR) is 142 cm³/mol. The molecular formula is C24H28Cl3N7O2. The summed E-state index contributed by atoms with van der Waals surface area (Å²) in [6.07, 6.45) is 5.55. The van der Waals surface area contributed by atoms with Gasteiger partial charge in [0, 0.05) is 29.6 Å². The lowest BCUT2D eigenvalue weighted by Crippen LogP contribution is -2.36. The molecule has 5 rings (SSSR count). The van der Waals surface area contributed by atoms with Crippen LogP contribution in [0.25, 0.3) is 11.2 Å². The molecular weight excluding hydrogens is 525 g/mol. The van der Waals surface area contributed by atoms with Crippen LogP contribution in [-0.4, -0.2) is 44.7 Å². The number of ether oxygens (including phenoxy) is 1. The topological polar surface area (TPSA) is 120 Å². The quantitative estimate of drug-likeness (QED) is 0.365. The minimum atomic E-state index is -0.249. The normalized spacial score (nSPS) is 24.6. The molecule has 0 radical (unpaired) electrons. The summed E-state index contributed by atoms with van der Waals surface area (Å²) in [5, 5.41) is 7.98. The number of fused-ring (bicyclic) bond motifs is 1. The number of carbonyl (C=O) groups excluding carboxylic acids is 1. The molecule has 36 heavy (non-hydrogen) atoms. The van der Waals surface area contributed by atoms with E-state index in [-0.39, 0.29) is 23.9 Å². The Kier molecular flexibility index (Phi) is 7.44. The van der Waals surface area contributed by atoms with Crippen LogP contribution >= 0.6 is 34.8 Å². The fourth-order valence-electron chi connectivity index (χ4n) is 5.05. The van der Waals surface area contributed by atoms with Crippen LogP contribution in [-0.2, 0) is 9.53 Å². The van der Waals surface area contributed by atoms with E-state index >= 15 is 0 Å². The van der Waals surface area contributed by atoms with Crippen molar-refractivity contribution in [2.45, 2.75) is 51.1 Å². The van der Waals surface area contributed by atoms with Crippen LogP contribution < -0.4 is 16.4 Å². The maximum atomic E-state index is 11.7. The Hall–Kier alpha value is -2.33. The van der Waals surface area contributed by atoms with Gasteiger partial charge in [0.05, 0.1) is 28.5 Å². The number of hydrogen-bond donors (Lipinski definition) is 3. The zero-order chi connectivity index (χ0) is 25.4. The van der Waals surface area contributed by atoms with Gasteiger partial charge >= 0.3 is 0 Å². The Balaban J connectivity index is 1.53. The summed E-state index contributed by atoms with van der Waals surface area (Å²) < 4.78 is 7.63. The first-order chi connectivity index (χ1) is 17.3. The van der Waals surface area contributed by atoms with E-state index in [9.17, 15) is 4.79 Å². The average molecular weight is 553 g/mol. The van der Waals surface area contributed by atoms with Gasteiger partial charge in [0.1, 0.15) is 5.52 Å². The van der Waals surface area contributed by atoms with E-state index < -0.39 is 0 Å². The highest BCUT2D eigenvalue weighted by Gasteiger charge is 2.30. The minimum Gasteiger partial charge on any atom is -0.381 e. The molecule has 9 nitrogen and oxygen atoms in total. The molecule has 1 amide bonds. The zero-order valence-electron chi connectivity index (χ0n) is 19.8. The van der Waals surface area contributed by atoms with E-state index in [1.54, 1.807) is 18.3 Å². The van der Waals surface area contributed by atoms with Crippen LogP contribution in [0.5, 0.6) is 0 Å². The molecule has 1 aromatic carbocycles. The first kappa shape index (κ1) is 25.3. The predicted octanol–water partition coefficient (Wildman–Crippen LogP) is 5.58. The highest BCUT2D eigenvalue weighted by atomic mass is 35.5. The van der Waals surface area contributed by atoms with Gasteiger partial charge in [-0.3, -0.25) is 9.36 Å². The van der Waals surface area contributed by atoms with Gasteiger partial charge in [-0.2, -0.15) is 4.98 Å². The second-order valence-corrected chi connectivity index (χ2v) is 10.8. The molecule has 2 aromatic heterocycles. The molecule has 2 atom stereocenters. The van der Waals surface area contributed by atoms with Crippen LogP contribution in [0.15, 0.2) is 18.3 Å². The number of benzene rings is 1. The van der Waals surface area contributed by atoms with Crippen molar-refractivity contribution in [1.82, 2.24) is 19.5 Å². The highest BCUT2D eigenvalue weighted by molar-refractivity contribution is 6.41. The molecule has 0 unspecified atom stereocenters. The Morgan fingerprint density at radius 1 is 1.11 bits per heavy atom. The summed E-state index contributed by atoms with van der Waals surface area (Å²) in [5.41, 5.74) is 7.41. The Bertz CT molecular complexity index is 1250. The number of hydrogen-bond acceptors (Lipinski definition) is 7. The number of nitrogens with two attached hydrogens (primary N) is 1. The van der Waals surface area contributed by atoms with Gasteiger partial charge in [-0.25, -0.2) is 9.97 Å². The maximum Gasteiger partial charge on any atom is 0.224 e. The van der Waals surface area contributed by atoms with E-state index in [1.165, 1.54) is 0 Å². The Labute approximate surface area is 224 Å². The van der Waals surface area contributed by atoms with Gasteiger partial charge in [0.15, 0.2) is 5.65 Å². The van der Waals surface area contributed by atoms with Gasteiger partial charge in [-0.05, 0) is 50.2 Å². The van der Waals surface area contributed by atoms with Crippen molar-refractivity contribution in [3.63, 3.8) is 0 Å². The lowest BCUT2D eigenvalue weighted by atomic mass is 9.85. The Morgan fingerprint density at radius 2 is 1.83 bits per heavy atom. The smallest absolute Gasteiger partial charge is 0.224 e. The molecule has 1 saturated carbocycles. The van der Waals surface area contributed by atoms with Gasteiger partial charge < -0.3 is 21.1 Å². The van der Waals surface area contributed by atoms with E-state index in [2.05, 4.69) is 27.1 Å². The lowest BCUT2D eigenvalue weighted by Gasteiger charge is -2.30. The number of aromatic nitrogens is 4. The fraction of sp³-hybridized carbons (Fsp3) is 0.500. The number of nitrogens with zero attached hydrogens (tertiary/aromatic N) is 4. The molecule has 1 aliphatic carbocycles. The summed E-state index contributed by atoms with van der Waals surface area (Å²) in [6.45, 7) is 3.57. The fourth-order valence-corrected chi connectivity index (χ4v) is 5.96. The van der Waals surface area contributed by atoms with Gasteiger partial charge in [0.2, 0.25) is 17.8 Å². The SMILES string of the molecule is C[C@@H]1COCC[C@H]1Nc1ncc2nc(Nc3c(Cl)cc(Cl)cc3Cl)n(C3CCC(C(N)=O)CC3)c2n1. The second kappa shape index (κ2) is 10.6. The third-order valence-corrected chi connectivity index (χ3v) is 7.91. The summed E-state index contributed by atoms with van der Waals surface area (Å²) in [7, 11) is 0. The second-order valence-electron chi connectivity index (χ2n) is 9.58. The van der Waals surface area contributed by atoms with Crippen molar-refractivity contribution in [2.24, 2.45) is 17.6 Å². The third kappa shape index (κ3) is 5.20. The van der Waals surface area contributed by atoms with E-state index in [0.717, 1.165) is 19.3 Å². The molecule has 192 valence electrons. The summed E-state index contributed by atoms with van der Waals surface area (Å²) in [5.74, 6) is 1.07. The van der Waals surface area contributed by atoms with Gasteiger partial charge in [-0.1, -0.05) is 41.7 Å². The number of carbonyl (C=O) groups is 1. The van der Waals surface area contributed by atoms with Crippen LogP contribution in [0.4, 0.5) is 17.6 Å². The van der Waals surface area contributed by atoms with E-state index in [4.69, 9.17) is 55.2 Å². The monoisotopic (exact) mass is 551 g/mol. The van der Waals surface area contributed by atoms with Crippen LogP contribution in [0.2, 0.25) is 15.1 Å². The molecule has 0 spiro atoms. The van der Waals surface area contributed by atoms with Crippen molar-refractivity contribution in [3.05, 3.63) is 33.4 Å². The van der Waals surface area contributed by atoms with Crippen molar-refractivity contribution in [1.29, 1.82) is 0 Å². The number of anilines is 3. The number of rotatable bonds is 6. The summed E-state index contributed by atoms with van der Waals surface area (Å²) in [6, 6.07) is 3.53. The summed E-state index contributed by atoms with van der Waals surface area (Å²) in [4.78, 5) is 25.9. The molecule has 2 fully saturated rings. The number of nitrogens with one attached hydrogen (secondary N) is 2. The van der Waals surface area contributed by atoms with Crippen LogP contribution in [0.3, 0.4) is 0 Å². The van der Waals surface area contributed by atoms with Gasteiger partial charge in [-0.15, -0.1) is 0 Å². The number of primary amides is 1. The molecule has 3 aromatic rings. The van der Waals surface area contributed by atoms with Crippen molar-refractivity contribution in [3.8, 4) is 0 Å². The first-order valence-electron chi connectivity index (χ1n) is 12.1. The van der Waals surface area contributed by atoms with E-state index in [1.807, 2.05) is 0 Å². The third-order valence-electron chi connectivity index (χ3n) is 7.10. The van der Waals surface area contributed by atoms with Gasteiger partial charge in [0.25, 0.3) is 0 Å². The molecule has 12 heteroatoms. The van der Waals surface area contributed by atoms with Crippen LogP contribution in [0, 0.1) is 11.8 Å². The maximum absolute atomic E-state index is 11.7. The molecule has 0 bridgehead atoms. The zero-order valence-corrected chi connectivity index (χ0v) is 22.1. The van der Waals surface area contributed by atoms with Crippen molar-refractivity contribution in [2.75, 3.05) is 23.8 Å². The minimum absolute atomic E-state index is 0.0581. The number of imidazole rings is 1. The molecule has 4 N–H and O–H groups in total. The highest BCUT2D eigenvalue weighted by Crippen LogP contribution is 2.40.